The molecule has 3 N–H and O–H groups in total. The molecule has 324 valence electrons. The highest BCUT2D eigenvalue weighted by molar-refractivity contribution is 5.83. The van der Waals surface area contributed by atoms with Crippen LogP contribution < -0.4 is 0 Å². The molecular formula is C41H71NO14. The van der Waals surface area contributed by atoms with Crippen molar-refractivity contribution in [2.45, 2.75) is 179 Å². The summed E-state index contributed by atoms with van der Waals surface area (Å²) in [6.07, 6.45) is -7.97. The van der Waals surface area contributed by atoms with Crippen molar-refractivity contribution in [3.05, 3.63) is 12.7 Å². The van der Waals surface area contributed by atoms with Gasteiger partial charge in [0.25, 0.3) is 0 Å². The van der Waals surface area contributed by atoms with E-state index in [2.05, 4.69) is 6.58 Å². The quantitative estimate of drug-likeness (QED) is 0.216. The highest BCUT2D eigenvalue weighted by Gasteiger charge is 2.54. The number of carbonyl (C=O) groups is 3. The predicted molar refractivity (Wildman–Crippen MR) is 205 cm³/mol. The van der Waals surface area contributed by atoms with Crippen LogP contribution in [0.2, 0.25) is 0 Å². The van der Waals surface area contributed by atoms with E-state index in [1.165, 1.54) is 21.1 Å². The number of nitrogens with zero attached hydrogens (tertiary/aromatic N) is 1. The van der Waals surface area contributed by atoms with Crippen LogP contribution >= 0.6 is 0 Å². The number of carbonyl (C=O) groups excluding carboxylic acids is 3. The summed E-state index contributed by atoms with van der Waals surface area (Å²) >= 11 is 0. The number of hydrogen-bond donors (Lipinski definition) is 3. The fourth-order valence-corrected chi connectivity index (χ4v) is 8.97. The number of methoxy groups -OCH3 is 2. The van der Waals surface area contributed by atoms with Gasteiger partial charge in [-0.1, -0.05) is 34.3 Å². The van der Waals surface area contributed by atoms with E-state index in [1.807, 2.05) is 32.8 Å². The van der Waals surface area contributed by atoms with Gasteiger partial charge in [-0.2, -0.15) is 0 Å². The number of rotatable bonds is 10. The number of aliphatic hydroxyl groups excluding tert-OH is 2. The zero-order valence-corrected chi connectivity index (χ0v) is 36.1. The van der Waals surface area contributed by atoms with Crippen molar-refractivity contribution in [3.63, 3.8) is 0 Å². The van der Waals surface area contributed by atoms with E-state index >= 15 is 0 Å². The first-order valence-corrected chi connectivity index (χ1v) is 20.0. The van der Waals surface area contributed by atoms with Crippen LogP contribution in [0.4, 0.5) is 0 Å². The molecule has 0 aromatic rings. The van der Waals surface area contributed by atoms with Crippen LogP contribution in [-0.2, 0) is 52.3 Å². The average Bonchev–Trinajstić information content (AvgIpc) is 3.14. The third-order valence-corrected chi connectivity index (χ3v) is 12.6. The molecule has 3 aliphatic rings. The van der Waals surface area contributed by atoms with Crippen molar-refractivity contribution in [2.24, 2.45) is 23.7 Å². The Balaban J connectivity index is 2.22. The number of ketones is 1. The van der Waals surface area contributed by atoms with E-state index in [9.17, 15) is 29.7 Å². The summed E-state index contributed by atoms with van der Waals surface area (Å²) in [5.41, 5.74) is -4.36. The highest BCUT2D eigenvalue weighted by atomic mass is 16.7. The Labute approximate surface area is 333 Å². The molecule has 15 nitrogen and oxygen atoms in total. The van der Waals surface area contributed by atoms with Crippen molar-refractivity contribution < 1.29 is 67.6 Å². The third-order valence-electron chi connectivity index (χ3n) is 12.6. The Bertz CT molecular complexity index is 1340. The monoisotopic (exact) mass is 801 g/mol. The maximum atomic E-state index is 14.3. The summed E-state index contributed by atoms with van der Waals surface area (Å²) in [5, 5.41) is 34.8. The minimum Gasteiger partial charge on any atom is -0.459 e. The molecule has 3 heterocycles. The Morgan fingerprint density at radius 2 is 1.52 bits per heavy atom. The van der Waals surface area contributed by atoms with Gasteiger partial charge in [-0.3, -0.25) is 9.59 Å². The molecule has 0 amide bonds. The molecule has 18 atom stereocenters. The fourth-order valence-electron chi connectivity index (χ4n) is 8.97. The van der Waals surface area contributed by atoms with Crippen LogP contribution in [0, 0.1) is 23.7 Å². The molecule has 0 radical (unpaired) electrons. The van der Waals surface area contributed by atoms with Crippen molar-refractivity contribution in [3.8, 4) is 0 Å². The maximum absolute atomic E-state index is 14.3. The third kappa shape index (κ3) is 10.4. The van der Waals surface area contributed by atoms with Crippen LogP contribution in [0.15, 0.2) is 12.7 Å². The number of ether oxygens (including phenoxy) is 8. The summed E-state index contributed by atoms with van der Waals surface area (Å²) in [6.45, 7) is 20.5. The highest BCUT2D eigenvalue weighted by Crippen LogP contribution is 2.42. The van der Waals surface area contributed by atoms with E-state index in [-0.39, 0.29) is 37.2 Å². The van der Waals surface area contributed by atoms with Gasteiger partial charge >= 0.3 is 11.9 Å². The van der Waals surface area contributed by atoms with E-state index < -0.39 is 108 Å². The molecule has 3 aliphatic heterocycles. The minimum absolute atomic E-state index is 0.0787. The number of aliphatic hydroxyl groups is 3. The van der Waals surface area contributed by atoms with Gasteiger partial charge in [0.15, 0.2) is 18.7 Å². The second-order valence-corrected chi connectivity index (χ2v) is 17.2. The van der Waals surface area contributed by atoms with Crippen molar-refractivity contribution >= 4 is 17.7 Å². The number of hydrogen-bond acceptors (Lipinski definition) is 15. The number of likely N-dealkylation sites (N-methyl/N-ethyl adjacent to an activating group) is 1. The van der Waals surface area contributed by atoms with Crippen molar-refractivity contribution in [1.82, 2.24) is 4.90 Å². The fraction of sp³-hybridized carbons (Fsp3) is 0.878. The van der Waals surface area contributed by atoms with E-state index in [0.717, 1.165) is 6.08 Å². The molecule has 0 aliphatic carbocycles. The van der Waals surface area contributed by atoms with Gasteiger partial charge in [0.2, 0.25) is 0 Å². The lowest BCUT2D eigenvalue weighted by atomic mass is 9.74. The normalized spacial score (nSPS) is 46.1. The standard InChI is InChI=1S/C41H71NO14/c1-16-28-41(11,48)34(46)23(5)31(44)21(3)19-39(9,49-14)35(56-38-32(45)27(42(12)13)18-22(4)51-38)24(6)33(25(7)37(47)53-28)55-30-20-40(10,50-15)36(26(8)52-30)54-29(43)17-2/h17,21-28,30,32-36,38,45-46,48H,2,16,18-20H2,1,3-15H3/t21-,22-,23+,24+,25-,26+,27+,28-,30+,32-,33+,34-,35-,36?,38+,39-,40-,41-/m1/s1. The van der Waals surface area contributed by atoms with Gasteiger partial charge in [-0.25, -0.2) is 4.79 Å². The van der Waals surface area contributed by atoms with Crippen molar-refractivity contribution in [2.75, 3.05) is 28.3 Å². The van der Waals surface area contributed by atoms with Crippen molar-refractivity contribution in [1.29, 1.82) is 0 Å². The summed E-state index contributed by atoms with van der Waals surface area (Å²) in [6, 6.07) is -0.305. The minimum atomic E-state index is -1.99. The van der Waals surface area contributed by atoms with Crippen LogP contribution in [0.25, 0.3) is 0 Å². The van der Waals surface area contributed by atoms with Crippen LogP contribution in [0.1, 0.15) is 94.9 Å². The first-order valence-electron chi connectivity index (χ1n) is 20.0. The van der Waals surface area contributed by atoms with Gasteiger partial charge in [-0.15, -0.1) is 0 Å². The summed E-state index contributed by atoms with van der Waals surface area (Å²) < 4.78 is 50.1. The number of Topliss-reactive ketones (excluding diaryl/α,β-unsaturated/α-hetero) is 1. The lowest BCUT2D eigenvalue weighted by Gasteiger charge is -2.50. The lowest BCUT2D eigenvalue weighted by Crippen LogP contribution is -2.61. The van der Waals surface area contributed by atoms with Gasteiger partial charge in [0, 0.05) is 50.5 Å². The number of cyclic esters (lactones) is 1. The van der Waals surface area contributed by atoms with Crippen LogP contribution in [-0.4, -0.2) is 151 Å². The SMILES string of the molecule is C=CC(=O)OC1[C@H](C)O[C@@H](O[C@H]2[C@H](C)[C@@H](O[C@@H]3O[C@H](C)C[C@H](N(C)C)[C@H]3O)[C@](C)(OC)C[C@@H](C)C(=O)[C@H](C)[C@@H](O)[C@](C)(O)[C@@H](CC)OC(=O)[C@@H]2C)C[C@@]1(C)OC. The zero-order valence-electron chi connectivity index (χ0n) is 36.1. The Morgan fingerprint density at radius 1 is 0.929 bits per heavy atom. The maximum Gasteiger partial charge on any atom is 0.330 e. The largest absolute Gasteiger partial charge is 0.459 e. The molecule has 0 saturated carbocycles. The Kier molecular flexibility index (Phi) is 16.7. The summed E-state index contributed by atoms with van der Waals surface area (Å²) in [7, 11) is 6.73. The second kappa shape index (κ2) is 19.3. The van der Waals surface area contributed by atoms with E-state index in [1.54, 1.807) is 48.5 Å². The molecule has 0 aromatic carbocycles. The summed E-state index contributed by atoms with van der Waals surface area (Å²) in [5.74, 6) is -5.28. The van der Waals surface area contributed by atoms with Gasteiger partial charge < -0.3 is 58.1 Å². The first kappa shape index (κ1) is 48.3. The molecule has 0 bridgehead atoms. The Morgan fingerprint density at radius 3 is 2.05 bits per heavy atom. The smallest absolute Gasteiger partial charge is 0.330 e. The topological polar surface area (TPSA) is 189 Å². The number of esters is 2. The van der Waals surface area contributed by atoms with E-state index in [4.69, 9.17) is 37.9 Å². The molecule has 15 heteroatoms. The molecular weight excluding hydrogens is 730 g/mol. The Hall–Kier alpha value is -2.05. The zero-order chi connectivity index (χ0) is 42.7. The van der Waals surface area contributed by atoms with Crippen LogP contribution in [0.3, 0.4) is 0 Å². The molecule has 3 saturated heterocycles. The predicted octanol–water partition coefficient (Wildman–Crippen LogP) is 3.18. The molecule has 0 aromatic heterocycles. The first-order chi connectivity index (χ1) is 25.9. The van der Waals surface area contributed by atoms with E-state index in [0.29, 0.717) is 6.42 Å². The van der Waals surface area contributed by atoms with Gasteiger partial charge in [0.1, 0.15) is 29.2 Å². The van der Waals surface area contributed by atoms with Gasteiger partial charge in [0.05, 0.1) is 42.0 Å². The molecule has 56 heavy (non-hydrogen) atoms. The average molecular weight is 802 g/mol. The molecule has 3 rings (SSSR count). The summed E-state index contributed by atoms with van der Waals surface area (Å²) in [4.78, 5) is 42.6. The molecule has 1 unspecified atom stereocenters. The molecule has 3 fully saturated rings. The van der Waals surface area contributed by atoms with Gasteiger partial charge in [-0.05, 0) is 74.9 Å². The van der Waals surface area contributed by atoms with Crippen LogP contribution in [0.5, 0.6) is 0 Å². The second-order valence-electron chi connectivity index (χ2n) is 17.2. The lowest BCUT2D eigenvalue weighted by molar-refractivity contribution is -0.320. The molecule has 0 spiro atoms.